The molecule has 1 heterocycles. The lowest BCUT2D eigenvalue weighted by atomic mass is 10.2. The van der Waals surface area contributed by atoms with Crippen LogP contribution >= 0.6 is 11.8 Å². The Hall–Kier alpha value is -3.01. The van der Waals surface area contributed by atoms with Crippen molar-refractivity contribution in [3.8, 4) is 0 Å². The van der Waals surface area contributed by atoms with Gasteiger partial charge in [0.2, 0.25) is 0 Å². The molecule has 9 heteroatoms. The Labute approximate surface area is 230 Å². The maximum Gasteiger partial charge on any atom is 0.407 e. The van der Waals surface area contributed by atoms with Crippen LogP contribution in [0.4, 0.5) is 10.5 Å². The van der Waals surface area contributed by atoms with E-state index in [1.165, 1.54) is 11.8 Å². The number of pyridine rings is 1. The predicted molar refractivity (Wildman–Crippen MR) is 159 cm³/mol. The summed E-state index contributed by atoms with van der Waals surface area (Å²) in [6.07, 6.45) is 1.05. The molecule has 0 saturated heterocycles. The molecule has 0 unspecified atom stereocenters. The van der Waals surface area contributed by atoms with Gasteiger partial charge in [-0.05, 0) is 42.2 Å². The first-order valence-electron chi connectivity index (χ1n) is 12.7. The number of rotatable bonds is 9. The second-order valence-electron chi connectivity index (χ2n) is 11.2. The van der Waals surface area contributed by atoms with Gasteiger partial charge in [0.15, 0.2) is 0 Å². The Morgan fingerprint density at radius 1 is 0.974 bits per heavy atom. The summed E-state index contributed by atoms with van der Waals surface area (Å²) < 4.78 is 12.6. The summed E-state index contributed by atoms with van der Waals surface area (Å²) in [5, 5.41) is 5.09. The molecule has 3 rings (SSSR count). The maximum absolute atomic E-state index is 12.8. The molecule has 0 fully saturated rings. The highest BCUT2D eigenvalue weighted by Gasteiger charge is 2.50. The second-order valence-corrected chi connectivity index (χ2v) is 16.6. The number of H-pyrrole nitrogens is 1. The van der Waals surface area contributed by atoms with Gasteiger partial charge in [-0.1, -0.05) is 81.4 Å². The predicted octanol–water partition coefficient (Wildman–Crippen LogP) is 4.52. The molecular formula is C29H39N3O4SSi. The topological polar surface area (TPSA) is 106 Å². The molecule has 4 N–H and O–H groups in total. The molecule has 0 radical (unpaired) electrons. The fourth-order valence-electron chi connectivity index (χ4n) is 4.38. The molecule has 0 aliphatic heterocycles. The van der Waals surface area contributed by atoms with Crippen molar-refractivity contribution < 1.29 is 14.0 Å². The van der Waals surface area contributed by atoms with Crippen LogP contribution in [0.25, 0.3) is 0 Å². The van der Waals surface area contributed by atoms with Gasteiger partial charge in [0, 0.05) is 16.8 Å². The SMILES string of the molecule is CC(C)(C)OC(=O)N[C@H](CO[Si](c1ccccc1)(c1ccccc1)C(C)(C)C)CSc1cc[nH]c(=O)c1N. The number of aromatic amines is 1. The number of benzene rings is 2. The number of nitrogens with two attached hydrogens (primary N) is 1. The minimum atomic E-state index is -2.82. The zero-order chi connectivity index (χ0) is 28.0. The molecular weight excluding hydrogens is 514 g/mol. The van der Waals surface area contributed by atoms with Gasteiger partial charge in [-0.2, -0.15) is 0 Å². The van der Waals surface area contributed by atoms with E-state index in [-0.39, 0.29) is 22.9 Å². The van der Waals surface area contributed by atoms with Crippen molar-refractivity contribution in [1.82, 2.24) is 10.3 Å². The summed E-state index contributed by atoms with van der Waals surface area (Å²) in [5.74, 6) is 0.436. The highest BCUT2D eigenvalue weighted by Crippen LogP contribution is 2.37. The van der Waals surface area contributed by atoms with Crippen LogP contribution in [-0.2, 0) is 9.16 Å². The first kappa shape index (κ1) is 29.5. The lowest BCUT2D eigenvalue weighted by Gasteiger charge is -2.43. The Balaban J connectivity index is 1.96. The third-order valence-electron chi connectivity index (χ3n) is 6.04. The zero-order valence-corrected chi connectivity index (χ0v) is 24.9. The van der Waals surface area contributed by atoms with Gasteiger partial charge in [-0.3, -0.25) is 4.79 Å². The standard InChI is InChI=1S/C29H39N3O4SSi/c1-28(2,3)36-27(34)32-21(20-37-24-17-18-31-26(33)25(24)30)19-35-38(29(4,5)6,22-13-9-7-10-14-22)23-15-11-8-12-16-23/h7-18,21H,19-20,30H2,1-6H3,(H,31,33)(H,32,34)/t21-/m1/s1. The van der Waals surface area contributed by atoms with Crippen molar-refractivity contribution in [2.24, 2.45) is 0 Å². The molecule has 0 aliphatic carbocycles. The van der Waals surface area contributed by atoms with Crippen LogP contribution in [0.2, 0.25) is 5.04 Å². The van der Waals surface area contributed by atoms with Gasteiger partial charge in [-0.25, -0.2) is 4.79 Å². The number of thioether (sulfide) groups is 1. The average molecular weight is 554 g/mol. The van der Waals surface area contributed by atoms with Gasteiger partial charge in [0.1, 0.15) is 11.3 Å². The first-order chi connectivity index (χ1) is 17.8. The van der Waals surface area contributed by atoms with E-state index in [0.29, 0.717) is 10.6 Å². The van der Waals surface area contributed by atoms with Crippen molar-refractivity contribution >= 4 is 42.2 Å². The molecule has 2 aromatic carbocycles. The minimum absolute atomic E-state index is 0.154. The second kappa shape index (κ2) is 12.2. The third kappa shape index (κ3) is 7.30. The fourth-order valence-corrected chi connectivity index (χ4v) is 9.96. The molecule has 0 aliphatic rings. The average Bonchev–Trinajstić information content (AvgIpc) is 2.84. The van der Waals surface area contributed by atoms with E-state index in [4.69, 9.17) is 14.9 Å². The molecule has 1 atom stereocenters. The molecule has 1 amide bonds. The summed E-state index contributed by atoms with van der Waals surface area (Å²) in [7, 11) is -2.82. The van der Waals surface area contributed by atoms with Crippen molar-refractivity contribution in [3.05, 3.63) is 83.3 Å². The fraction of sp³-hybridized carbons (Fsp3) is 0.379. The van der Waals surface area contributed by atoms with E-state index >= 15 is 0 Å². The third-order valence-corrected chi connectivity index (χ3v) is 12.3. The number of nitrogen functional groups attached to an aromatic ring is 1. The highest BCUT2D eigenvalue weighted by atomic mass is 32.2. The largest absolute Gasteiger partial charge is 0.444 e. The molecule has 1 aromatic heterocycles. The number of anilines is 1. The van der Waals surface area contributed by atoms with Crippen LogP contribution < -0.4 is 27.0 Å². The van der Waals surface area contributed by atoms with Crippen molar-refractivity contribution in [3.63, 3.8) is 0 Å². The van der Waals surface area contributed by atoms with E-state index in [0.717, 1.165) is 10.4 Å². The molecule has 0 bridgehead atoms. The van der Waals surface area contributed by atoms with Crippen molar-refractivity contribution in [2.75, 3.05) is 18.1 Å². The first-order valence-corrected chi connectivity index (χ1v) is 15.6. The number of aromatic nitrogens is 1. The monoisotopic (exact) mass is 553 g/mol. The number of hydrogen-bond acceptors (Lipinski definition) is 6. The van der Waals surface area contributed by atoms with Crippen LogP contribution in [0.1, 0.15) is 41.5 Å². The lowest BCUT2D eigenvalue weighted by Crippen LogP contribution is -2.67. The summed E-state index contributed by atoms with van der Waals surface area (Å²) in [6.45, 7) is 12.4. The lowest BCUT2D eigenvalue weighted by molar-refractivity contribution is 0.0494. The number of hydrogen-bond donors (Lipinski definition) is 3. The van der Waals surface area contributed by atoms with Gasteiger partial charge in [0.25, 0.3) is 13.9 Å². The summed E-state index contributed by atoms with van der Waals surface area (Å²) in [6, 6.07) is 22.0. The van der Waals surface area contributed by atoms with Crippen molar-refractivity contribution in [1.29, 1.82) is 0 Å². The molecule has 3 aromatic rings. The maximum atomic E-state index is 12.8. The number of carbonyl (C=O) groups excluding carboxylic acids is 1. The Bertz CT molecular complexity index is 1220. The molecule has 0 spiro atoms. The number of ether oxygens (including phenoxy) is 1. The van der Waals surface area contributed by atoms with E-state index < -0.39 is 26.1 Å². The summed E-state index contributed by atoms with van der Waals surface area (Å²) >= 11 is 1.40. The van der Waals surface area contributed by atoms with Gasteiger partial charge in [-0.15, -0.1) is 11.8 Å². The van der Waals surface area contributed by atoms with Gasteiger partial charge >= 0.3 is 6.09 Å². The quantitative estimate of drug-likeness (QED) is 0.266. The molecule has 204 valence electrons. The van der Waals surface area contributed by atoms with Crippen LogP contribution in [0.3, 0.4) is 0 Å². The van der Waals surface area contributed by atoms with Crippen LogP contribution in [0, 0.1) is 0 Å². The number of carbonyl (C=O) groups is 1. The smallest absolute Gasteiger partial charge is 0.407 e. The summed E-state index contributed by atoms with van der Waals surface area (Å²) in [5.41, 5.74) is 5.18. The van der Waals surface area contributed by atoms with Crippen molar-refractivity contribution in [2.45, 2.75) is 63.1 Å². The number of nitrogens with one attached hydrogen (secondary N) is 2. The number of amides is 1. The number of alkyl carbamates (subject to hydrolysis) is 1. The van der Waals surface area contributed by atoms with Gasteiger partial charge in [0.05, 0.1) is 12.6 Å². The van der Waals surface area contributed by atoms with E-state index in [9.17, 15) is 9.59 Å². The normalized spacial score (nSPS) is 13.1. The zero-order valence-electron chi connectivity index (χ0n) is 23.0. The molecule has 7 nitrogen and oxygen atoms in total. The van der Waals surface area contributed by atoms with Gasteiger partial charge < -0.3 is 25.2 Å². The van der Waals surface area contributed by atoms with E-state index in [1.807, 2.05) is 57.2 Å². The molecule has 38 heavy (non-hydrogen) atoms. The highest BCUT2D eigenvalue weighted by molar-refractivity contribution is 7.99. The van der Waals surface area contributed by atoms with Crippen LogP contribution in [0.5, 0.6) is 0 Å². The van der Waals surface area contributed by atoms with Crippen LogP contribution in [-0.4, -0.2) is 43.4 Å². The molecule has 0 saturated carbocycles. The Morgan fingerprint density at radius 2 is 1.53 bits per heavy atom. The summed E-state index contributed by atoms with van der Waals surface area (Å²) in [4.78, 5) is 28.0. The minimum Gasteiger partial charge on any atom is -0.444 e. The Kier molecular flexibility index (Phi) is 9.51. The Morgan fingerprint density at radius 3 is 2.03 bits per heavy atom. The van der Waals surface area contributed by atoms with Crippen LogP contribution in [0.15, 0.2) is 82.6 Å². The van der Waals surface area contributed by atoms with E-state index in [1.54, 1.807) is 12.3 Å². The van der Waals surface area contributed by atoms with E-state index in [2.05, 4.69) is 55.3 Å².